The molecule has 0 N–H and O–H groups in total. The number of carbonyl (C=O) groups is 1. The SMILES string of the molecule is COCCN1C[C@@H]2CC[C@H]1CN(C(=O)c1cc(C)nc3cc(F)ccc13)C2. The highest BCUT2D eigenvalue weighted by molar-refractivity contribution is 6.06. The highest BCUT2D eigenvalue weighted by Gasteiger charge is 2.36. The van der Waals surface area contributed by atoms with Crippen molar-refractivity contribution in [2.75, 3.05) is 39.9 Å². The number of amides is 1. The summed E-state index contributed by atoms with van der Waals surface area (Å²) >= 11 is 0. The molecule has 2 bridgehead atoms. The first-order chi connectivity index (χ1) is 13.0. The number of hydrogen-bond donors (Lipinski definition) is 0. The molecule has 0 unspecified atom stereocenters. The normalized spacial score (nSPS) is 23.0. The summed E-state index contributed by atoms with van der Waals surface area (Å²) in [6.07, 6.45) is 2.29. The van der Waals surface area contributed by atoms with Crippen molar-refractivity contribution in [1.29, 1.82) is 0 Å². The van der Waals surface area contributed by atoms with Gasteiger partial charge in [0.1, 0.15) is 5.82 Å². The van der Waals surface area contributed by atoms with Crippen LogP contribution < -0.4 is 0 Å². The molecule has 27 heavy (non-hydrogen) atoms. The van der Waals surface area contributed by atoms with Gasteiger partial charge in [-0.25, -0.2) is 4.39 Å². The van der Waals surface area contributed by atoms with Gasteiger partial charge in [-0.05, 0) is 43.9 Å². The highest BCUT2D eigenvalue weighted by atomic mass is 19.1. The molecule has 2 atom stereocenters. The third kappa shape index (κ3) is 3.69. The van der Waals surface area contributed by atoms with Crippen LogP contribution in [-0.4, -0.2) is 66.6 Å². The van der Waals surface area contributed by atoms with E-state index in [4.69, 9.17) is 4.74 Å². The van der Waals surface area contributed by atoms with Crippen molar-refractivity contribution in [3.05, 3.63) is 41.3 Å². The zero-order valence-electron chi connectivity index (χ0n) is 15.9. The number of nitrogens with zero attached hydrogens (tertiary/aromatic N) is 3. The second-order valence-electron chi connectivity index (χ2n) is 7.77. The molecule has 3 saturated heterocycles. The molecule has 5 nitrogen and oxygen atoms in total. The lowest BCUT2D eigenvalue weighted by atomic mass is 9.95. The Morgan fingerprint density at radius 2 is 2.11 bits per heavy atom. The van der Waals surface area contributed by atoms with Crippen LogP contribution in [0.15, 0.2) is 24.3 Å². The molecular formula is C21H26FN3O2. The summed E-state index contributed by atoms with van der Waals surface area (Å²) in [4.78, 5) is 22.3. The van der Waals surface area contributed by atoms with E-state index in [9.17, 15) is 9.18 Å². The maximum atomic E-state index is 13.6. The van der Waals surface area contributed by atoms with Crippen LogP contribution in [0, 0.1) is 18.7 Å². The third-order valence-corrected chi connectivity index (χ3v) is 5.83. The molecule has 5 rings (SSSR count). The maximum absolute atomic E-state index is 13.6. The van der Waals surface area contributed by atoms with Crippen molar-refractivity contribution < 1.29 is 13.9 Å². The van der Waals surface area contributed by atoms with Crippen LogP contribution in [0.25, 0.3) is 10.9 Å². The second kappa shape index (κ2) is 7.52. The van der Waals surface area contributed by atoms with Crippen molar-refractivity contribution in [3.63, 3.8) is 0 Å². The van der Waals surface area contributed by atoms with Gasteiger partial charge in [-0.3, -0.25) is 14.7 Å². The molecule has 1 aromatic heterocycles. The average Bonchev–Trinajstić information content (AvgIpc) is 2.96. The summed E-state index contributed by atoms with van der Waals surface area (Å²) in [6.45, 7) is 6.03. The Morgan fingerprint density at radius 3 is 2.93 bits per heavy atom. The van der Waals surface area contributed by atoms with E-state index in [-0.39, 0.29) is 11.7 Å². The number of hydrogen-bond acceptors (Lipinski definition) is 4. The first kappa shape index (κ1) is 18.3. The van der Waals surface area contributed by atoms with Gasteiger partial charge in [0, 0.05) is 56.5 Å². The Hall–Kier alpha value is -2.05. The van der Waals surface area contributed by atoms with Crippen molar-refractivity contribution in [1.82, 2.24) is 14.8 Å². The zero-order valence-corrected chi connectivity index (χ0v) is 15.9. The van der Waals surface area contributed by atoms with Gasteiger partial charge in [0.2, 0.25) is 0 Å². The summed E-state index contributed by atoms with van der Waals surface area (Å²) < 4.78 is 18.9. The number of ether oxygens (including phenoxy) is 1. The molecule has 0 radical (unpaired) electrons. The van der Waals surface area contributed by atoms with Gasteiger partial charge in [0.25, 0.3) is 5.91 Å². The summed E-state index contributed by atoms with van der Waals surface area (Å²) in [5.41, 5.74) is 1.90. The quantitative estimate of drug-likeness (QED) is 0.829. The van der Waals surface area contributed by atoms with E-state index >= 15 is 0 Å². The molecule has 0 aliphatic carbocycles. The Labute approximate surface area is 159 Å². The van der Waals surface area contributed by atoms with Gasteiger partial charge in [0.05, 0.1) is 17.7 Å². The molecule has 0 spiro atoms. The standard InChI is InChI=1S/C21H26FN3O2/c1-14-9-19(18-6-4-16(22)10-20(18)23-14)21(26)25-12-15-3-5-17(13-25)24(11-15)7-8-27-2/h4,6,9-10,15,17H,3,5,7-8,11-13H2,1-2H3/t15-,17-/m0/s1. The molecule has 3 aliphatic rings. The van der Waals surface area contributed by atoms with Gasteiger partial charge in [-0.2, -0.15) is 0 Å². The van der Waals surface area contributed by atoms with E-state index in [1.54, 1.807) is 13.2 Å². The number of piperidine rings is 1. The number of halogens is 1. The third-order valence-electron chi connectivity index (χ3n) is 5.83. The zero-order chi connectivity index (χ0) is 19.0. The first-order valence-electron chi connectivity index (χ1n) is 9.64. The molecular weight excluding hydrogens is 345 g/mol. The summed E-state index contributed by atoms with van der Waals surface area (Å²) in [7, 11) is 1.73. The van der Waals surface area contributed by atoms with Crippen molar-refractivity contribution in [3.8, 4) is 0 Å². The van der Waals surface area contributed by atoms with E-state index in [2.05, 4.69) is 9.88 Å². The van der Waals surface area contributed by atoms with Crippen LogP contribution in [0.5, 0.6) is 0 Å². The molecule has 144 valence electrons. The average molecular weight is 371 g/mol. The maximum Gasteiger partial charge on any atom is 0.254 e. The fraction of sp³-hybridized carbons (Fsp3) is 0.524. The molecule has 2 aromatic rings. The number of methoxy groups -OCH3 is 1. The number of pyridine rings is 1. The van der Waals surface area contributed by atoms with E-state index in [0.29, 0.717) is 23.0 Å². The minimum absolute atomic E-state index is 0.0302. The Balaban J connectivity index is 1.63. The molecule has 1 amide bonds. The van der Waals surface area contributed by atoms with Gasteiger partial charge < -0.3 is 9.64 Å². The van der Waals surface area contributed by atoms with E-state index in [1.807, 2.05) is 17.9 Å². The van der Waals surface area contributed by atoms with Crippen LogP contribution in [-0.2, 0) is 4.74 Å². The predicted molar refractivity (Wildman–Crippen MR) is 102 cm³/mol. The number of aryl methyl sites for hydroxylation is 1. The van der Waals surface area contributed by atoms with E-state index in [0.717, 1.165) is 50.3 Å². The van der Waals surface area contributed by atoms with Crippen molar-refractivity contribution in [2.45, 2.75) is 25.8 Å². The molecule has 1 aromatic carbocycles. The lowest BCUT2D eigenvalue weighted by molar-refractivity contribution is 0.0719. The minimum atomic E-state index is -0.333. The smallest absolute Gasteiger partial charge is 0.254 e. The van der Waals surface area contributed by atoms with Crippen LogP contribution >= 0.6 is 0 Å². The largest absolute Gasteiger partial charge is 0.383 e. The topological polar surface area (TPSA) is 45.7 Å². The minimum Gasteiger partial charge on any atom is -0.383 e. The van der Waals surface area contributed by atoms with Gasteiger partial charge in [0.15, 0.2) is 0 Å². The van der Waals surface area contributed by atoms with Gasteiger partial charge >= 0.3 is 0 Å². The van der Waals surface area contributed by atoms with Crippen LogP contribution in [0.4, 0.5) is 4.39 Å². The predicted octanol–water partition coefficient (Wildman–Crippen LogP) is 2.87. The fourth-order valence-electron chi connectivity index (χ4n) is 4.51. The molecule has 0 saturated carbocycles. The van der Waals surface area contributed by atoms with Gasteiger partial charge in [-0.15, -0.1) is 0 Å². The summed E-state index contributed by atoms with van der Waals surface area (Å²) in [5, 5.41) is 0.722. The van der Waals surface area contributed by atoms with Crippen LogP contribution in [0.1, 0.15) is 28.9 Å². The lowest BCUT2D eigenvalue weighted by Crippen LogP contribution is -2.45. The summed E-state index contributed by atoms with van der Waals surface area (Å²) in [6, 6.07) is 6.68. The lowest BCUT2D eigenvalue weighted by Gasteiger charge is -2.35. The molecule has 4 heterocycles. The summed E-state index contributed by atoms with van der Waals surface area (Å²) in [5.74, 6) is 0.194. The molecule has 3 aliphatic heterocycles. The number of aromatic nitrogens is 1. The number of rotatable bonds is 4. The number of carbonyl (C=O) groups excluding carboxylic acids is 1. The Kier molecular flexibility index (Phi) is 5.10. The van der Waals surface area contributed by atoms with Crippen LogP contribution in [0.2, 0.25) is 0 Å². The molecule has 6 heteroatoms. The number of fused-ring (bicyclic) bond motifs is 5. The Bertz CT molecular complexity index is 851. The highest BCUT2D eigenvalue weighted by Crippen LogP contribution is 2.30. The van der Waals surface area contributed by atoms with Crippen molar-refractivity contribution in [2.24, 2.45) is 5.92 Å². The van der Waals surface area contributed by atoms with Gasteiger partial charge in [-0.1, -0.05) is 0 Å². The second-order valence-corrected chi connectivity index (χ2v) is 7.77. The molecule has 3 fully saturated rings. The fourth-order valence-corrected chi connectivity index (χ4v) is 4.51. The van der Waals surface area contributed by atoms with Crippen molar-refractivity contribution >= 4 is 16.8 Å². The van der Waals surface area contributed by atoms with E-state index in [1.165, 1.54) is 18.6 Å². The van der Waals surface area contributed by atoms with Crippen LogP contribution in [0.3, 0.4) is 0 Å². The van der Waals surface area contributed by atoms with E-state index < -0.39 is 0 Å². The first-order valence-corrected chi connectivity index (χ1v) is 9.64. The Morgan fingerprint density at radius 1 is 1.26 bits per heavy atom. The monoisotopic (exact) mass is 371 g/mol. The number of benzene rings is 1.